The molecular weight excluding hydrogens is 310 g/mol. The number of carbonyl (C=O) groups is 2. The van der Waals surface area contributed by atoms with Crippen LogP contribution in [0.15, 0.2) is 6.07 Å². The first-order chi connectivity index (χ1) is 11.2. The van der Waals surface area contributed by atoms with Gasteiger partial charge in [0.25, 0.3) is 0 Å². The second kappa shape index (κ2) is 7.11. The van der Waals surface area contributed by atoms with Crippen LogP contribution in [0.25, 0.3) is 0 Å². The molecule has 8 heteroatoms. The summed E-state index contributed by atoms with van der Waals surface area (Å²) in [7, 11) is 1.76. The van der Waals surface area contributed by atoms with E-state index in [0.29, 0.717) is 18.9 Å². The zero-order valence-corrected chi connectivity index (χ0v) is 15.0. The number of nitrogens with zero attached hydrogens (tertiary/aromatic N) is 3. The van der Waals surface area contributed by atoms with Gasteiger partial charge in [-0.25, -0.2) is 9.59 Å². The molecule has 8 nitrogen and oxygen atoms in total. The van der Waals surface area contributed by atoms with Crippen LogP contribution >= 0.6 is 0 Å². The van der Waals surface area contributed by atoms with Crippen LogP contribution in [-0.2, 0) is 11.8 Å². The molecule has 0 spiro atoms. The molecule has 2 rings (SSSR count). The smallest absolute Gasteiger partial charge is 0.410 e. The van der Waals surface area contributed by atoms with Gasteiger partial charge in [-0.15, -0.1) is 0 Å². The Morgan fingerprint density at radius 3 is 2.58 bits per heavy atom. The summed E-state index contributed by atoms with van der Waals surface area (Å²) in [6, 6.07) is 1.69. The van der Waals surface area contributed by atoms with E-state index in [1.54, 1.807) is 22.7 Å². The number of nitrogens with one attached hydrogen (secondary N) is 2. The SMILES string of the molecule is Cc1cc(NC(=O)NCCN(C(=O)OC(C)(C)C)C2CC2)n(C)n1. The average Bonchev–Trinajstić information content (AvgIpc) is 3.20. The molecule has 1 saturated carbocycles. The lowest BCUT2D eigenvalue weighted by Crippen LogP contribution is -2.43. The van der Waals surface area contributed by atoms with Crippen LogP contribution in [0.1, 0.15) is 39.3 Å². The van der Waals surface area contributed by atoms with Gasteiger partial charge in [0, 0.05) is 32.2 Å². The van der Waals surface area contributed by atoms with E-state index in [2.05, 4.69) is 15.7 Å². The summed E-state index contributed by atoms with van der Waals surface area (Å²) in [4.78, 5) is 25.9. The Morgan fingerprint density at radius 2 is 2.08 bits per heavy atom. The van der Waals surface area contributed by atoms with Crippen molar-refractivity contribution in [3.05, 3.63) is 11.8 Å². The highest BCUT2D eigenvalue weighted by atomic mass is 16.6. The summed E-state index contributed by atoms with van der Waals surface area (Å²) in [5.74, 6) is 0.621. The highest BCUT2D eigenvalue weighted by Crippen LogP contribution is 2.28. The van der Waals surface area contributed by atoms with Crippen molar-refractivity contribution in [2.45, 2.75) is 52.2 Å². The summed E-state index contributed by atoms with van der Waals surface area (Å²) < 4.78 is 7.02. The van der Waals surface area contributed by atoms with Crippen molar-refractivity contribution in [2.24, 2.45) is 7.05 Å². The van der Waals surface area contributed by atoms with E-state index in [0.717, 1.165) is 18.5 Å². The van der Waals surface area contributed by atoms with Crippen LogP contribution < -0.4 is 10.6 Å². The molecule has 1 heterocycles. The van der Waals surface area contributed by atoms with Gasteiger partial charge in [-0.1, -0.05) is 0 Å². The minimum Gasteiger partial charge on any atom is -0.444 e. The first kappa shape index (κ1) is 18.1. The van der Waals surface area contributed by atoms with Crippen LogP contribution in [0.4, 0.5) is 15.4 Å². The largest absolute Gasteiger partial charge is 0.444 e. The lowest BCUT2D eigenvalue weighted by Gasteiger charge is -2.27. The fraction of sp³-hybridized carbons (Fsp3) is 0.688. The Morgan fingerprint density at radius 1 is 1.42 bits per heavy atom. The van der Waals surface area contributed by atoms with Crippen molar-refractivity contribution < 1.29 is 14.3 Å². The minimum absolute atomic E-state index is 0.226. The molecule has 1 aromatic heterocycles. The summed E-state index contributed by atoms with van der Waals surface area (Å²) >= 11 is 0. The molecule has 24 heavy (non-hydrogen) atoms. The molecule has 0 aliphatic heterocycles. The first-order valence-corrected chi connectivity index (χ1v) is 8.21. The summed E-state index contributed by atoms with van der Waals surface area (Å²) in [5, 5.41) is 9.66. The number of urea groups is 1. The molecule has 0 unspecified atom stereocenters. The molecule has 0 bridgehead atoms. The number of aryl methyl sites for hydroxylation is 2. The van der Waals surface area contributed by atoms with E-state index >= 15 is 0 Å². The van der Waals surface area contributed by atoms with Crippen molar-refractivity contribution in [1.29, 1.82) is 0 Å². The molecule has 0 aromatic carbocycles. The number of hydrogen-bond acceptors (Lipinski definition) is 4. The van der Waals surface area contributed by atoms with Gasteiger partial charge in [0.15, 0.2) is 0 Å². The highest BCUT2D eigenvalue weighted by molar-refractivity contribution is 5.88. The maximum Gasteiger partial charge on any atom is 0.410 e. The minimum atomic E-state index is -0.521. The number of aromatic nitrogens is 2. The van der Waals surface area contributed by atoms with Gasteiger partial charge in [-0.3, -0.25) is 10.00 Å². The fourth-order valence-electron chi connectivity index (χ4n) is 2.31. The normalized spacial score (nSPS) is 14.2. The highest BCUT2D eigenvalue weighted by Gasteiger charge is 2.34. The Bertz CT molecular complexity index is 601. The van der Waals surface area contributed by atoms with Gasteiger partial charge in [-0.05, 0) is 40.5 Å². The van der Waals surface area contributed by atoms with E-state index in [1.807, 2.05) is 27.7 Å². The zero-order valence-electron chi connectivity index (χ0n) is 15.0. The quantitative estimate of drug-likeness (QED) is 0.862. The van der Waals surface area contributed by atoms with Crippen molar-refractivity contribution >= 4 is 17.9 Å². The molecule has 1 aliphatic rings. The number of anilines is 1. The lowest BCUT2D eigenvalue weighted by molar-refractivity contribution is 0.0237. The first-order valence-electron chi connectivity index (χ1n) is 8.21. The summed E-state index contributed by atoms with van der Waals surface area (Å²) in [6.45, 7) is 8.18. The molecular formula is C16H27N5O3. The molecule has 134 valence electrons. The van der Waals surface area contributed by atoms with Gasteiger partial charge in [0.2, 0.25) is 0 Å². The van der Waals surface area contributed by atoms with E-state index in [4.69, 9.17) is 4.74 Å². The average molecular weight is 337 g/mol. The van der Waals surface area contributed by atoms with Gasteiger partial charge in [0.1, 0.15) is 11.4 Å². The number of carbonyl (C=O) groups excluding carboxylic acids is 2. The third-order valence-corrected chi connectivity index (χ3v) is 3.50. The van der Waals surface area contributed by atoms with E-state index < -0.39 is 5.60 Å². The van der Waals surface area contributed by atoms with Crippen LogP contribution in [0.2, 0.25) is 0 Å². The van der Waals surface area contributed by atoms with E-state index in [-0.39, 0.29) is 18.2 Å². The predicted molar refractivity (Wildman–Crippen MR) is 90.9 cm³/mol. The molecule has 3 amide bonds. The topological polar surface area (TPSA) is 88.5 Å². The van der Waals surface area contributed by atoms with E-state index in [9.17, 15) is 9.59 Å². The van der Waals surface area contributed by atoms with Crippen LogP contribution in [0, 0.1) is 6.92 Å². The lowest BCUT2D eigenvalue weighted by atomic mass is 10.2. The summed E-state index contributed by atoms with van der Waals surface area (Å²) in [5.41, 5.74) is 0.310. The Balaban J connectivity index is 1.79. The van der Waals surface area contributed by atoms with Gasteiger partial charge >= 0.3 is 12.1 Å². The Labute approximate surface area is 142 Å². The molecule has 0 saturated heterocycles. The zero-order chi connectivity index (χ0) is 17.9. The molecule has 0 radical (unpaired) electrons. The standard InChI is InChI=1S/C16H27N5O3/c1-11-10-13(20(5)19-11)18-14(22)17-8-9-21(12-6-7-12)15(23)24-16(2,3)4/h10,12H,6-9H2,1-5H3,(H2,17,18,22). The van der Waals surface area contributed by atoms with Crippen LogP contribution in [0.5, 0.6) is 0 Å². The van der Waals surface area contributed by atoms with E-state index in [1.165, 1.54) is 0 Å². The van der Waals surface area contributed by atoms with Crippen molar-refractivity contribution in [2.75, 3.05) is 18.4 Å². The maximum atomic E-state index is 12.2. The Kier molecular flexibility index (Phi) is 5.36. The number of amides is 3. The molecule has 1 fully saturated rings. The van der Waals surface area contributed by atoms with Gasteiger partial charge in [-0.2, -0.15) is 5.10 Å². The van der Waals surface area contributed by atoms with Crippen molar-refractivity contribution in [3.63, 3.8) is 0 Å². The summed E-state index contributed by atoms with van der Waals surface area (Å²) in [6.07, 6.45) is 1.65. The predicted octanol–water partition coefficient (Wildman–Crippen LogP) is 2.25. The van der Waals surface area contributed by atoms with Crippen molar-refractivity contribution in [3.8, 4) is 0 Å². The molecule has 1 aliphatic carbocycles. The van der Waals surface area contributed by atoms with Crippen LogP contribution in [-0.4, -0.2) is 51.5 Å². The Hall–Kier alpha value is -2.25. The van der Waals surface area contributed by atoms with Gasteiger partial charge < -0.3 is 15.0 Å². The number of rotatable bonds is 5. The second-order valence-corrected chi connectivity index (χ2v) is 7.08. The second-order valence-electron chi connectivity index (χ2n) is 7.08. The van der Waals surface area contributed by atoms with Gasteiger partial charge in [0.05, 0.1) is 5.69 Å². The molecule has 1 aromatic rings. The van der Waals surface area contributed by atoms with Crippen LogP contribution in [0.3, 0.4) is 0 Å². The monoisotopic (exact) mass is 337 g/mol. The number of ether oxygens (including phenoxy) is 1. The molecule has 2 N–H and O–H groups in total. The third kappa shape index (κ3) is 5.43. The third-order valence-electron chi connectivity index (χ3n) is 3.50. The fourth-order valence-corrected chi connectivity index (χ4v) is 2.31. The molecule has 0 atom stereocenters. The maximum absolute atomic E-state index is 12.2. The van der Waals surface area contributed by atoms with Crippen molar-refractivity contribution in [1.82, 2.24) is 20.0 Å². The number of hydrogen-bond donors (Lipinski definition) is 2.